The first-order valence-electron chi connectivity index (χ1n) is 5.21. The molecule has 0 aliphatic heterocycles. The van der Waals surface area contributed by atoms with Crippen molar-refractivity contribution in [2.24, 2.45) is 5.84 Å². The number of benzene rings is 1. The molecule has 0 bridgehead atoms. The summed E-state index contributed by atoms with van der Waals surface area (Å²) >= 11 is 1.43. The Bertz CT molecular complexity index is 554. The van der Waals surface area contributed by atoms with Gasteiger partial charge in [-0.1, -0.05) is 12.1 Å². The van der Waals surface area contributed by atoms with E-state index in [0.717, 1.165) is 4.90 Å². The van der Waals surface area contributed by atoms with Crippen LogP contribution in [0.5, 0.6) is 5.75 Å². The minimum Gasteiger partial charge on any atom is -0.507 e. The fourth-order valence-electron chi connectivity index (χ4n) is 1.38. The van der Waals surface area contributed by atoms with E-state index >= 15 is 0 Å². The number of nitrogens with two attached hydrogens (primary N) is 1. The number of hydrogen-bond acceptors (Lipinski definition) is 5. The lowest BCUT2D eigenvalue weighted by atomic mass is 10.3. The van der Waals surface area contributed by atoms with E-state index in [1.54, 1.807) is 24.3 Å². The molecule has 94 valence electrons. The molecule has 0 aliphatic carbocycles. The minimum atomic E-state index is -0.464. The van der Waals surface area contributed by atoms with Crippen LogP contribution in [0.2, 0.25) is 0 Å². The molecule has 0 aliphatic rings. The molecule has 6 heteroatoms. The first-order valence-corrected chi connectivity index (χ1v) is 6.19. The second-order valence-corrected chi connectivity index (χ2v) is 4.51. The predicted molar refractivity (Wildman–Crippen MR) is 68.0 cm³/mol. The largest absolute Gasteiger partial charge is 0.507 e. The molecule has 1 amide bonds. The number of phenols is 1. The van der Waals surface area contributed by atoms with Crippen molar-refractivity contribution in [3.8, 4) is 5.75 Å². The Morgan fingerprint density at radius 1 is 1.33 bits per heavy atom. The average Bonchev–Trinajstić information content (AvgIpc) is 2.86. The van der Waals surface area contributed by atoms with Crippen molar-refractivity contribution in [3.63, 3.8) is 0 Å². The zero-order valence-corrected chi connectivity index (χ0v) is 10.2. The quantitative estimate of drug-likeness (QED) is 0.339. The summed E-state index contributed by atoms with van der Waals surface area (Å²) in [5.41, 5.74) is 2.00. The highest BCUT2D eigenvalue weighted by molar-refractivity contribution is 7.98. The van der Waals surface area contributed by atoms with E-state index in [4.69, 9.17) is 10.3 Å². The number of hydrogen-bond donors (Lipinski definition) is 3. The van der Waals surface area contributed by atoms with Crippen LogP contribution in [0.25, 0.3) is 0 Å². The second-order valence-electron chi connectivity index (χ2n) is 3.50. The summed E-state index contributed by atoms with van der Waals surface area (Å²) in [6.07, 6.45) is 0. The number of amides is 1. The first kappa shape index (κ1) is 12.5. The van der Waals surface area contributed by atoms with Crippen LogP contribution in [0.15, 0.2) is 45.7 Å². The molecule has 0 atom stereocenters. The topological polar surface area (TPSA) is 88.5 Å². The first-order chi connectivity index (χ1) is 8.70. The van der Waals surface area contributed by atoms with Crippen LogP contribution in [0.3, 0.4) is 0 Å². The van der Waals surface area contributed by atoms with Gasteiger partial charge in [-0.05, 0) is 24.3 Å². The van der Waals surface area contributed by atoms with Crippen LogP contribution in [-0.2, 0) is 5.75 Å². The van der Waals surface area contributed by atoms with Crippen molar-refractivity contribution in [2.45, 2.75) is 10.6 Å². The third kappa shape index (κ3) is 2.85. The van der Waals surface area contributed by atoms with E-state index < -0.39 is 5.91 Å². The maximum atomic E-state index is 11.2. The van der Waals surface area contributed by atoms with E-state index in [0.29, 0.717) is 11.5 Å². The second kappa shape index (κ2) is 5.61. The van der Waals surface area contributed by atoms with Gasteiger partial charge in [-0.2, -0.15) is 0 Å². The molecule has 5 nitrogen and oxygen atoms in total. The molecule has 2 aromatic rings. The molecular weight excluding hydrogens is 252 g/mol. The Labute approximate surface area is 108 Å². The van der Waals surface area contributed by atoms with Gasteiger partial charge in [0.25, 0.3) is 0 Å². The molecule has 1 aromatic carbocycles. The number of furan rings is 1. The van der Waals surface area contributed by atoms with Crippen molar-refractivity contribution in [1.82, 2.24) is 5.43 Å². The van der Waals surface area contributed by atoms with Crippen LogP contribution >= 0.6 is 11.8 Å². The molecule has 4 N–H and O–H groups in total. The van der Waals surface area contributed by atoms with Crippen LogP contribution in [0.1, 0.15) is 16.3 Å². The molecule has 0 unspecified atom stereocenters. The van der Waals surface area contributed by atoms with Gasteiger partial charge in [0.15, 0.2) is 5.76 Å². The molecule has 2 rings (SSSR count). The number of carbonyl (C=O) groups excluding carboxylic acids is 1. The third-order valence-electron chi connectivity index (χ3n) is 2.25. The number of nitrogens with one attached hydrogen (secondary N) is 1. The highest BCUT2D eigenvalue weighted by Crippen LogP contribution is 2.30. The molecule has 1 heterocycles. The third-order valence-corrected chi connectivity index (χ3v) is 3.34. The molecule has 0 saturated heterocycles. The molecule has 0 radical (unpaired) electrons. The van der Waals surface area contributed by atoms with Gasteiger partial charge < -0.3 is 9.52 Å². The predicted octanol–water partition coefficient (Wildman–Crippen LogP) is 1.88. The van der Waals surface area contributed by atoms with Gasteiger partial charge >= 0.3 is 5.91 Å². The van der Waals surface area contributed by atoms with E-state index in [9.17, 15) is 9.90 Å². The summed E-state index contributed by atoms with van der Waals surface area (Å²) in [6.45, 7) is 0. The van der Waals surface area contributed by atoms with E-state index in [1.165, 1.54) is 11.8 Å². The Morgan fingerprint density at radius 3 is 2.83 bits per heavy atom. The summed E-state index contributed by atoms with van der Waals surface area (Å²) < 4.78 is 5.30. The highest BCUT2D eigenvalue weighted by atomic mass is 32.2. The normalized spacial score (nSPS) is 10.3. The van der Waals surface area contributed by atoms with E-state index in [1.807, 2.05) is 17.6 Å². The van der Waals surface area contributed by atoms with Gasteiger partial charge in [0.1, 0.15) is 11.5 Å². The molecule has 1 aromatic heterocycles. The van der Waals surface area contributed by atoms with Crippen LogP contribution in [-0.4, -0.2) is 11.0 Å². The van der Waals surface area contributed by atoms with Gasteiger partial charge in [-0.25, -0.2) is 5.84 Å². The van der Waals surface area contributed by atoms with Gasteiger partial charge in [0.05, 0.1) is 5.75 Å². The monoisotopic (exact) mass is 264 g/mol. The molecule has 0 spiro atoms. The van der Waals surface area contributed by atoms with E-state index in [-0.39, 0.29) is 11.5 Å². The van der Waals surface area contributed by atoms with Crippen molar-refractivity contribution < 1.29 is 14.3 Å². The van der Waals surface area contributed by atoms with Gasteiger partial charge in [-0.15, -0.1) is 11.8 Å². The van der Waals surface area contributed by atoms with E-state index in [2.05, 4.69) is 0 Å². The maximum Gasteiger partial charge on any atom is 0.300 e. The van der Waals surface area contributed by atoms with Crippen LogP contribution in [0.4, 0.5) is 0 Å². The Morgan fingerprint density at radius 2 is 2.11 bits per heavy atom. The Hall–Kier alpha value is -1.92. The van der Waals surface area contributed by atoms with Crippen molar-refractivity contribution in [3.05, 3.63) is 47.9 Å². The number of para-hydroxylation sites is 1. The van der Waals surface area contributed by atoms with Crippen molar-refractivity contribution >= 4 is 17.7 Å². The SMILES string of the molecule is NNC(=O)c1ccc(CSc2ccccc2O)o1. The fraction of sp³-hybridized carbons (Fsp3) is 0.0833. The van der Waals surface area contributed by atoms with Crippen molar-refractivity contribution in [1.29, 1.82) is 0 Å². The fourth-order valence-corrected chi connectivity index (χ4v) is 2.22. The minimum absolute atomic E-state index is 0.172. The standard InChI is InChI=1S/C12H12N2O3S/c13-14-12(16)10-6-5-8(17-10)7-18-11-4-2-1-3-9(11)15/h1-6,15H,7,13H2,(H,14,16). The van der Waals surface area contributed by atoms with Gasteiger partial charge in [0, 0.05) is 4.90 Å². The van der Waals surface area contributed by atoms with Crippen molar-refractivity contribution in [2.75, 3.05) is 0 Å². The summed E-state index contributed by atoms with van der Waals surface area (Å²) in [5.74, 6) is 6.10. The Kier molecular flexibility index (Phi) is 3.91. The van der Waals surface area contributed by atoms with Crippen LogP contribution < -0.4 is 11.3 Å². The summed E-state index contributed by atoms with van der Waals surface area (Å²) in [6, 6.07) is 10.3. The number of thioether (sulfide) groups is 1. The number of rotatable bonds is 4. The Balaban J connectivity index is 2.01. The zero-order valence-electron chi connectivity index (χ0n) is 9.42. The smallest absolute Gasteiger partial charge is 0.300 e. The number of phenolic OH excluding ortho intramolecular Hbond substituents is 1. The lowest BCUT2D eigenvalue weighted by molar-refractivity contribution is 0.0924. The molecule has 0 saturated carbocycles. The number of nitrogen functional groups attached to an aromatic ring is 1. The average molecular weight is 264 g/mol. The molecule has 0 fully saturated rings. The number of hydrazine groups is 1. The number of carbonyl (C=O) groups is 1. The molecule has 18 heavy (non-hydrogen) atoms. The summed E-state index contributed by atoms with van der Waals surface area (Å²) in [4.78, 5) is 11.9. The highest BCUT2D eigenvalue weighted by Gasteiger charge is 2.10. The lowest BCUT2D eigenvalue weighted by Crippen LogP contribution is -2.29. The zero-order chi connectivity index (χ0) is 13.0. The van der Waals surface area contributed by atoms with Crippen LogP contribution in [0, 0.1) is 0 Å². The summed E-state index contributed by atoms with van der Waals surface area (Å²) in [5, 5.41) is 9.59. The number of aromatic hydroxyl groups is 1. The lowest BCUT2D eigenvalue weighted by Gasteiger charge is -2.01. The summed E-state index contributed by atoms with van der Waals surface area (Å²) in [7, 11) is 0. The van der Waals surface area contributed by atoms with Gasteiger partial charge in [0.2, 0.25) is 0 Å². The molecular formula is C12H12N2O3S. The maximum absolute atomic E-state index is 11.2. The van der Waals surface area contributed by atoms with Gasteiger partial charge in [-0.3, -0.25) is 10.2 Å².